The molecular formula is C14H19BFNO3. The van der Waals surface area contributed by atoms with Crippen molar-refractivity contribution < 1.29 is 19.2 Å². The lowest BCUT2D eigenvalue weighted by Gasteiger charge is -2.36. The summed E-state index contributed by atoms with van der Waals surface area (Å²) in [4.78, 5) is 14.2. The number of hydrogen-bond donors (Lipinski definition) is 2. The van der Waals surface area contributed by atoms with Crippen molar-refractivity contribution in [3.05, 3.63) is 29.6 Å². The number of hydrogen-bond acceptors (Lipinski definition) is 3. The summed E-state index contributed by atoms with van der Waals surface area (Å²) in [6.07, 6.45) is 2.04. The topological polar surface area (TPSA) is 60.8 Å². The Balaban J connectivity index is 2.22. The molecule has 1 aliphatic heterocycles. The Morgan fingerprint density at radius 2 is 2.05 bits per heavy atom. The van der Waals surface area contributed by atoms with Crippen molar-refractivity contribution in [3.63, 3.8) is 0 Å². The molecule has 4 nitrogen and oxygen atoms in total. The maximum atomic E-state index is 13.7. The molecule has 2 rings (SSSR count). The highest BCUT2D eigenvalue weighted by atomic mass is 19.1. The maximum Gasteiger partial charge on any atom is 0.491 e. The summed E-state index contributed by atoms with van der Waals surface area (Å²) < 4.78 is 13.7. The average Bonchev–Trinajstić information content (AvgIpc) is 2.40. The van der Waals surface area contributed by atoms with Crippen LogP contribution < -0.4 is 5.46 Å². The van der Waals surface area contributed by atoms with E-state index >= 15 is 0 Å². The first-order chi connectivity index (χ1) is 9.40. The molecule has 0 aliphatic carbocycles. The number of amides is 1. The van der Waals surface area contributed by atoms with Gasteiger partial charge in [0, 0.05) is 23.6 Å². The SMILES string of the molecule is CC1CCC(C)N(C(=O)c2ccc(B(O)O)c(F)c2)C1. The maximum absolute atomic E-state index is 13.7. The van der Waals surface area contributed by atoms with Crippen molar-refractivity contribution in [2.24, 2.45) is 5.92 Å². The lowest BCUT2D eigenvalue weighted by Crippen LogP contribution is -2.45. The first-order valence-corrected chi connectivity index (χ1v) is 6.86. The second-order valence-corrected chi connectivity index (χ2v) is 5.60. The molecule has 1 fully saturated rings. The predicted molar refractivity (Wildman–Crippen MR) is 75.1 cm³/mol. The molecule has 6 heteroatoms. The quantitative estimate of drug-likeness (QED) is 0.786. The van der Waals surface area contributed by atoms with Crippen molar-refractivity contribution in [2.45, 2.75) is 32.7 Å². The minimum atomic E-state index is -1.87. The van der Waals surface area contributed by atoms with Crippen LogP contribution in [0.25, 0.3) is 0 Å². The van der Waals surface area contributed by atoms with Crippen molar-refractivity contribution >= 4 is 18.5 Å². The average molecular weight is 279 g/mol. The number of benzene rings is 1. The Morgan fingerprint density at radius 1 is 1.35 bits per heavy atom. The molecule has 1 aliphatic rings. The van der Waals surface area contributed by atoms with E-state index in [0.717, 1.165) is 18.9 Å². The summed E-state index contributed by atoms with van der Waals surface area (Å²) in [5, 5.41) is 18.0. The zero-order valence-corrected chi connectivity index (χ0v) is 11.7. The fourth-order valence-electron chi connectivity index (χ4n) is 2.61. The van der Waals surface area contributed by atoms with E-state index in [-0.39, 0.29) is 23.0 Å². The lowest BCUT2D eigenvalue weighted by atomic mass is 9.79. The largest absolute Gasteiger partial charge is 0.491 e. The smallest absolute Gasteiger partial charge is 0.423 e. The molecule has 1 amide bonds. The van der Waals surface area contributed by atoms with Crippen LogP contribution in [0, 0.1) is 11.7 Å². The molecule has 2 N–H and O–H groups in total. The number of carbonyl (C=O) groups is 1. The molecule has 1 aromatic carbocycles. The molecule has 1 heterocycles. The zero-order chi connectivity index (χ0) is 14.9. The van der Waals surface area contributed by atoms with Gasteiger partial charge in [-0.2, -0.15) is 0 Å². The number of likely N-dealkylation sites (tertiary alicyclic amines) is 1. The molecule has 0 aromatic heterocycles. The highest BCUT2D eigenvalue weighted by molar-refractivity contribution is 6.58. The highest BCUT2D eigenvalue weighted by Crippen LogP contribution is 2.23. The first kappa shape index (κ1) is 15.0. The van der Waals surface area contributed by atoms with E-state index in [9.17, 15) is 9.18 Å². The standard InChI is InChI=1S/C14H19BFNO3/c1-9-3-4-10(2)17(8-9)14(18)11-5-6-12(15(19)20)13(16)7-11/h5-7,9-10,19-20H,3-4,8H2,1-2H3. The van der Waals surface area contributed by atoms with E-state index in [1.54, 1.807) is 4.90 Å². The van der Waals surface area contributed by atoms with Crippen LogP contribution in [-0.4, -0.2) is 40.6 Å². The van der Waals surface area contributed by atoms with Gasteiger partial charge in [-0.1, -0.05) is 13.0 Å². The number of rotatable bonds is 2. The van der Waals surface area contributed by atoms with Gasteiger partial charge in [-0.05, 0) is 37.8 Å². The van der Waals surface area contributed by atoms with Crippen LogP contribution in [0.1, 0.15) is 37.0 Å². The molecule has 0 bridgehead atoms. The van der Waals surface area contributed by atoms with E-state index < -0.39 is 12.9 Å². The number of piperidine rings is 1. The number of halogens is 1. The predicted octanol–water partition coefficient (Wildman–Crippen LogP) is 0.766. The number of carbonyl (C=O) groups excluding carboxylic acids is 1. The van der Waals surface area contributed by atoms with Gasteiger partial charge < -0.3 is 14.9 Å². The van der Waals surface area contributed by atoms with E-state index in [1.807, 2.05) is 6.92 Å². The molecule has 2 atom stereocenters. The summed E-state index contributed by atoms with van der Waals surface area (Å²) in [5.74, 6) is -0.538. The molecule has 108 valence electrons. The van der Waals surface area contributed by atoms with Crippen molar-refractivity contribution in [1.29, 1.82) is 0 Å². The second-order valence-electron chi connectivity index (χ2n) is 5.60. The van der Waals surface area contributed by atoms with Crippen molar-refractivity contribution in [1.82, 2.24) is 4.90 Å². The molecular weight excluding hydrogens is 260 g/mol. The van der Waals surface area contributed by atoms with Crippen LogP contribution in [0.3, 0.4) is 0 Å². The fourth-order valence-corrected chi connectivity index (χ4v) is 2.61. The molecule has 20 heavy (non-hydrogen) atoms. The second kappa shape index (κ2) is 5.93. The normalized spacial score (nSPS) is 22.8. The summed E-state index contributed by atoms with van der Waals surface area (Å²) in [6.45, 7) is 4.76. The fraction of sp³-hybridized carbons (Fsp3) is 0.500. The van der Waals surface area contributed by atoms with Gasteiger partial charge >= 0.3 is 7.12 Å². The van der Waals surface area contributed by atoms with E-state index in [0.29, 0.717) is 12.5 Å². The van der Waals surface area contributed by atoms with Crippen molar-refractivity contribution in [3.8, 4) is 0 Å². The summed E-state index contributed by atoms with van der Waals surface area (Å²) >= 11 is 0. The molecule has 2 unspecified atom stereocenters. The number of nitrogens with zero attached hydrogens (tertiary/aromatic N) is 1. The Hall–Kier alpha value is -1.40. The Kier molecular flexibility index (Phi) is 4.45. The van der Waals surface area contributed by atoms with E-state index in [4.69, 9.17) is 10.0 Å². The van der Waals surface area contributed by atoms with Crippen LogP contribution >= 0.6 is 0 Å². The Labute approximate surface area is 118 Å². The summed E-state index contributed by atoms with van der Waals surface area (Å²) in [6, 6.07) is 3.89. The molecule has 0 radical (unpaired) electrons. The highest BCUT2D eigenvalue weighted by Gasteiger charge is 2.28. The van der Waals surface area contributed by atoms with Gasteiger partial charge in [0.2, 0.25) is 0 Å². The monoisotopic (exact) mass is 279 g/mol. The molecule has 1 aromatic rings. The zero-order valence-electron chi connectivity index (χ0n) is 11.7. The van der Waals surface area contributed by atoms with Crippen LogP contribution in [0.5, 0.6) is 0 Å². The van der Waals surface area contributed by atoms with Gasteiger partial charge in [-0.3, -0.25) is 4.79 Å². The van der Waals surface area contributed by atoms with E-state index in [2.05, 4.69) is 6.92 Å². The van der Waals surface area contributed by atoms with Gasteiger partial charge in [0.05, 0.1) is 0 Å². The van der Waals surface area contributed by atoms with Crippen molar-refractivity contribution in [2.75, 3.05) is 6.54 Å². The van der Waals surface area contributed by atoms with E-state index in [1.165, 1.54) is 12.1 Å². The van der Waals surface area contributed by atoms with Gasteiger partial charge in [-0.25, -0.2) is 4.39 Å². The third-order valence-corrected chi connectivity index (χ3v) is 3.90. The third-order valence-electron chi connectivity index (χ3n) is 3.90. The minimum absolute atomic E-state index is 0.143. The van der Waals surface area contributed by atoms with Gasteiger partial charge in [0.25, 0.3) is 5.91 Å². The van der Waals surface area contributed by atoms with Crippen LogP contribution in [0.15, 0.2) is 18.2 Å². The summed E-state index contributed by atoms with van der Waals surface area (Å²) in [5.41, 5.74) is 0.0226. The van der Waals surface area contributed by atoms with Gasteiger partial charge in [-0.15, -0.1) is 0 Å². The summed E-state index contributed by atoms with van der Waals surface area (Å²) in [7, 11) is -1.87. The molecule has 0 spiro atoms. The van der Waals surface area contributed by atoms with Crippen LogP contribution in [-0.2, 0) is 0 Å². The van der Waals surface area contributed by atoms with Gasteiger partial charge in [0.15, 0.2) is 0 Å². The molecule has 0 saturated carbocycles. The Morgan fingerprint density at radius 3 is 2.65 bits per heavy atom. The first-order valence-electron chi connectivity index (χ1n) is 6.86. The Bertz CT molecular complexity index is 509. The van der Waals surface area contributed by atoms with Gasteiger partial charge in [0.1, 0.15) is 5.82 Å². The molecule has 1 saturated heterocycles. The van der Waals surface area contributed by atoms with Crippen LogP contribution in [0.4, 0.5) is 4.39 Å². The lowest BCUT2D eigenvalue weighted by molar-refractivity contribution is 0.0573. The third kappa shape index (κ3) is 3.02. The minimum Gasteiger partial charge on any atom is -0.423 e. The van der Waals surface area contributed by atoms with Crippen LogP contribution in [0.2, 0.25) is 0 Å².